The number of alkyl halides is 6. The van der Waals surface area contributed by atoms with Crippen molar-refractivity contribution in [3.05, 3.63) is 36.0 Å². The molecule has 0 aromatic heterocycles. The Kier molecular flexibility index (Phi) is 12.8. The van der Waals surface area contributed by atoms with Crippen molar-refractivity contribution in [1.29, 1.82) is 0 Å². The fourth-order valence-corrected chi connectivity index (χ4v) is 5.81. The lowest BCUT2D eigenvalue weighted by Gasteiger charge is -2.39. The van der Waals surface area contributed by atoms with Gasteiger partial charge in [-0.3, -0.25) is 9.59 Å². The summed E-state index contributed by atoms with van der Waals surface area (Å²) in [4.78, 5) is 22.7. The summed E-state index contributed by atoms with van der Waals surface area (Å²) in [5.41, 5.74) is -3.91. The lowest BCUT2D eigenvalue weighted by Crippen LogP contribution is -2.61. The van der Waals surface area contributed by atoms with E-state index >= 15 is 0 Å². The molecule has 2 atom stereocenters. The van der Waals surface area contributed by atoms with Crippen LogP contribution in [0.5, 0.6) is 0 Å². The van der Waals surface area contributed by atoms with Crippen LogP contribution in [0.25, 0.3) is 0 Å². The molecule has 12 heteroatoms. The van der Waals surface area contributed by atoms with Crippen LogP contribution in [0.4, 0.5) is 26.3 Å². The largest absolute Gasteiger partial charge is 0.462 e. The highest BCUT2D eigenvalue weighted by Gasteiger charge is 2.71. The van der Waals surface area contributed by atoms with Crippen molar-refractivity contribution in [2.24, 2.45) is 5.41 Å². The molecule has 230 valence electrons. The van der Waals surface area contributed by atoms with E-state index in [1.54, 1.807) is 13.8 Å². The molecule has 0 aromatic rings. The van der Waals surface area contributed by atoms with Gasteiger partial charge in [0.2, 0.25) is 0 Å². The Balaban J connectivity index is 2.78. The zero-order chi connectivity index (χ0) is 31.0. The summed E-state index contributed by atoms with van der Waals surface area (Å²) in [5.74, 6) is -0.821. The molecule has 0 aromatic carbocycles. The molecule has 0 bridgehead atoms. The third-order valence-electron chi connectivity index (χ3n) is 6.20. The average Bonchev–Trinajstić information content (AvgIpc) is 2.71. The Labute approximate surface area is 234 Å². The topological polar surface area (TPSA) is 61.8 Å². The number of allylic oxidation sites excluding steroid dienone is 4. The standard InChI is InChI=1S/C28H42F6O5Si/c1-20(35)37-23-17-22(18-24(19-23)38-21(2)36)13-10-8-9-11-14-25(3,4)15-12-16-26(27(29,30)31,28(32,33)34)39-40(5,6)7/h8,10,12-13,16,23-24H,9,11,14-15,17-19H2,1-7H3/b10-8+,16-12-/t23-,24-/m1/s1. The fraction of sp³-hybridized carbons (Fsp3) is 0.714. The van der Waals surface area contributed by atoms with E-state index in [9.17, 15) is 35.9 Å². The number of carbonyl (C=O) groups excluding carboxylic acids is 2. The van der Waals surface area contributed by atoms with Crippen molar-refractivity contribution < 1.29 is 49.8 Å². The normalized spacial score (nSPS) is 19.8. The number of carbonyl (C=O) groups is 2. The number of rotatable bonds is 12. The van der Waals surface area contributed by atoms with Gasteiger partial charge in [-0.15, -0.1) is 0 Å². The molecule has 1 fully saturated rings. The molecule has 0 amide bonds. The van der Waals surface area contributed by atoms with Gasteiger partial charge < -0.3 is 13.9 Å². The summed E-state index contributed by atoms with van der Waals surface area (Å²) >= 11 is 0. The van der Waals surface area contributed by atoms with Gasteiger partial charge in [0.05, 0.1) is 0 Å². The third kappa shape index (κ3) is 12.2. The molecule has 1 aliphatic rings. The van der Waals surface area contributed by atoms with Crippen molar-refractivity contribution in [3.8, 4) is 0 Å². The van der Waals surface area contributed by atoms with E-state index in [0.29, 0.717) is 38.5 Å². The van der Waals surface area contributed by atoms with Crippen LogP contribution in [-0.2, 0) is 23.5 Å². The molecule has 1 rings (SSSR count). The summed E-state index contributed by atoms with van der Waals surface area (Å²) in [6.45, 7) is 10.1. The molecule has 0 N–H and O–H groups in total. The van der Waals surface area contributed by atoms with Crippen molar-refractivity contribution >= 4 is 20.3 Å². The van der Waals surface area contributed by atoms with Crippen LogP contribution in [0.15, 0.2) is 36.0 Å². The van der Waals surface area contributed by atoms with E-state index in [4.69, 9.17) is 13.9 Å². The van der Waals surface area contributed by atoms with Crippen LogP contribution in [0.3, 0.4) is 0 Å². The van der Waals surface area contributed by atoms with Crippen LogP contribution in [0.1, 0.15) is 72.6 Å². The summed E-state index contributed by atoms with van der Waals surface area (Å²) < 4.78 is 97.5. The Bertz CT molecular complexity index is 904. The van der Waals surface area contributed by atoms with Crippen molar-refractivity contribution in [3.63, 3.8) is 0 Å². The van der Waals surface area contributed by atoms with Crippen LogP contribution in [0.2, 0.25) is 19.6 Å². The summed E-state index contributed by atoms with van der Waals surface area (Å²) in [6, 6.07) is 0. The van der Waals surface area contributed by atoms with Gasteiger partial charge in [0.1, 0.15) is 12.2 Å². The molecule has 0 saturated heterocycles. The van der Waals surface area contributed by atoms with E-state index in [-0.39, 0.29) is 24.7 Å². The predicted octanol–water partition coefficient (Wildman–Crippen LogP) is 8.37. The second-order valence-corrected chi connectivity index (χ2v) is 16.4. The minimum absolute atomic E-state index is 0.0127. The summed E-state index contributed by atoms with van der Waals surface area (Å²) in [7, 11) is -3.22. The smallest absolute Gasteiger partial charge is 0.429 e. The molecule has 40 heavy (non-hydrogen) atoms. The molecular formula is C28H42F6O5Si. The highest BCUT2D eigenvalue weighted by Crippen LogP contribution is 2.48. The molecule has 5 nitrogen and oxygen atoms in total. The van der Waals surface area contributed by atoms with Gasteiger partial charge >= 0.3 is 24.3 Å². The minimum atomic E-state index is -5.65. The van der Waals surface area contributed by atoms with Gasteiger partial charge in [-0.1, -0.05) is 43.7 Å². The number of unbranched alkanes of at least 4 members (excludes halogenated alkanes) is 1. The Morgan fingerprint density at radius 1 is 0.900 bits per heavy atom. The Morgan fingerprint density at radius 2 is 1.40 bits per heavy atom. The number of hydrogen-bond acceptors (Lipinski definition) is 5. The lowest BCUT2D eigenvalue weighted by molar-refractivity contribution is -0.340. The van der Waals surface area contributed by atoms with E-state index in [0.717, 1.165) is 11.6 Å². The van der Waals surface area contributed by atoms with Crippen molar-refractivity contribution in [2.45, 2.75) is 122 Å². The van der Waals surface area contributed by atoms with Gasteiger partial charge in [-0.2, -0.15) is 26.3 Å². The fourth-order valence-electron chi connectivity index (χ4n) is 4.54. The lowest BCUT2D eigenvalue weighted by atomic mass is 9.83. The first-order chi connectivity index (χ1) is 18.1. The highest BCUT2D eigenvalue weighted by atomic mass is 28.4. The van der Waals surface area contributed by atoms with Crippen molar-refractivity contribution in [1.82, 2.24) is 0 Å². The number of esters is 2. The molecule has 0 heterocycles. The van der Waals surface area contributed by atoms with E-state index in [2.05, 4.69) is 0 Å². The number of hydrogen-bond donors (Lipinski definition) is 0. The predicted molar refractivity (Wildman–Crippen MR) is 143 cm³/mol. The summed E-state index contributed by atoms with van der Waals surface area (Å²) in [5, 5.41) is 0. The quantitative estimate of drug-likeness (QED) is 0.0741. The second-order valence-electron chi connectivity index (χ2n) is 12.0. The zero-order valence-electron chi connectivity index (χ0n) is 24.3. The van der Waals surface area contributed by atoms with Gasteiger partial charge in [0, 0.05) is 33.1 Å². The molecule has 1 aliphatic carbocycles. The van der Waals surface area contributed by atoms with E-state index < -0.39 is 43.6 Å². The zero-order valence-corrected chi connectivity index (χ0v) is 25.3. The number of ether oxygens (including phenoxy) is 2. The Hall–Kier alpha value is -2.08. The SMILES string of the molecule is CC(=O)O[C@@H]1CC(=C/C=C/CCCC(C)(C)C/C=C\C(O[Si](C)(C)C)(C(F)(F)F)C(F)(F)F)C[C@@H](OC(C)=O)C1. The molecule has 0 aliphatic heterocycles. The van der Waals surface area contributed by atoms with Crippen LogP contribution < -0.4 is 0 Å². The molecule has 1 saturated carbocycles. The van der Waals surface area contributed by atoms with Gasteiger partial charge in [0.15, 0.2) is 8.32 Å². The monoisotopic (exact) mass is 600 g/mol. The first-order valence-corrected chi connectivity index (χ1v) is 16.7. The van der Waals surface area contributed by atoms with Gasteiger partial charge in [-0.05, 0) is 56.8 Å². The molecular weight excluding hydrogens is 558 g/mol. The van der Waals surface area contributed by atoms with Crippen LogP contribution >= 0.6 is 0 Å². The second kappa shape index (κ2) is 14.2. The highest BCUT2D eigenvalue weighted by molar-refractivity contribution is 6.69. The van der Waals surface area contributed by atoms with Gasteiger partial charge in [-0.25, -0.2) is 0 Å². The third-order valence-corrected chi connectivity index (χ3v) is 7.13. The minimum Gasteiger partial charge on any atom is -0.462 e. The maximum absolute atomic E-state index is 13.7. The van der Waals surface area contributed by atoms with E-state index in [1.807, 2.05) is 18.2 Å². The maximum atomic E-state index is 13.7. The molecule has 0 radical (unpaired) electrons. The first kappa shape index (κ1) is 35.9. The maximum Gasteiger partial charge on any atom is 0.429 e. The van der Waals surface area contributed by atoms with Crippen molar-refractivity contribution in [2.75, 3.05) is 0 Å². The summed E-state index contributed by atoms with van der Waals surface area (Å²) in [6.07, 6.45) is -1.98. The molecule has 0 spiro atoms. The molecule has 0 unspecified atom stereocenters. The van der Waals surface area contributed by atoms with Crippen LogP contribution in [-0.4, -0.2) is 50.4 Å². The van der Waals surface area contributed by atoms with Crippen LogP contribution in [0, 0.1) is 5.41 Å². The average molecular weight is 601 g/mol. The van der Waals surface area contributed by atoms with Gasteiger partial charge in [0.25, 0.3) is 5.60 Å². The Morgan fingerprint density at radius 3 is 1.82 bits per heavy atom. The van der Waals surface area contributed by atoms with E-state index in [1.165, 1.54) is 33.5 Å². The number of halogens is 6. The first-order valence-electron chi connectivity index (χ1n) is 13.3.